The number of nitrogens with two attached hydrogens (primary N) is 1. The molecule has 0 saturated carbocycles. The van der Waals surface area contributed by atoms with Crippen LogP contribution in [0.4, 0.5) is 0 Å². The molecule has 0 unspecified atom stereocenters. The lowest BCUT2D eigenvalue weighted by Crippen LogP contribution is -2.57. The lowest BCUT2D eigenvalue weighted by atomic mass is 10.0. The van der Waals surface area contributed by atoms with E-state index in [9.17, 15) is 34.2 Å². The first-order valence-electron chi connectivity index (χ1n) is 10.7. The highest BCUT2D eigenvalue weighted by Crippen LogP contribution is 2.11. The third kappa shape index (κ3) is 9.86. The quantitative estimate of drug-likeness (QED) is 0.191. The summed E-state index contributed by atoms with van der Waals surface area (Å²) < 4.78 is 0. The van der Waals surface area contributed by atoms with Crippen LogP contribution in [0.5, 0.6) is 5.75 Å². The predicted molar refractivity (Wildman–Crippen MR) is 121 cm³/mol. The standard InChI is InChI=1S/C22H32N4O8/c1-11(2)8-17(22(33)34)26-21(32)16(10-18(28)29)25-19(30)12(3)24-20(31)15(23)9-13-4-6-14(27)7-5-13/h4-7,11-12,15-17,27H,8-10,23H2,1-3H3,(H,24,31)(H,25,30)(H,26,32)(H,28,29)(H,33,34)/t12-,15-,16-,17-/m0/s1. The molecule has 188 valence electrons. The summed E-state index contributed by atoms with van der Waals surface area (Å²) in [6, 6.07) is 1.10. The molecule has 0 aliphatic heterocycles. The number of aliphatic carboxylic acids is 2. The van der Waals surface area contributed by atoms with Crippen molar-refractivity contribution in [3.63, 3.8) is 0 Å². The largest absolute Gasteiger partial charge is 0.508 e. The molecule has 8 N–H and O–H groups in total. The fourth-order valence-corrected chi connectivity index (χ4v) is 3.01. The number of carboxylic acid groups (broad SMARTS) is 2. The van der Waals surface area contributed by atoms with Gasteiger partial charge in [0.25, 0.3) is 0 Å². The molecular weight excluding hydrogens is 448 g/mol. The number of phenolic OH excluding ortho intramolecular Hbond substituents is 1. The first-order valence-corrected chi connectivity index (χ1v) is 10.7. The Hall–Kier alpha value is -3.67. The maximum absolute atomic E-state index is 12.5. The number of amides is 3. The number of aromatic hydroxyl groups is 1. The molecular formula is C22H32N4O8. The zero-order chi connectivity index (χ0) is 26.0. The monoisotopic (exact) mass is 480 g/mol. The molecule has 1 aromatic carbocycles. The van der Waals surface area contributed by atoms with E-state index in [0.29, 0.717) is 5.56 Å². The van der Waals surface area contributed by atoms with Gasteiger partial charge in [0, 0.05) is 0 Å². The van der Waals surface area contributed by atoms with Crippen molar-refractivity contribution in [3.8, 4) is 5.75 Å². The van der Waals surface area contributed by atoms with Crippen LogP contribution in [0.3, 0.4) is 0 Å². The van der Waals surface area contributed by atoms with Crippen molar-refractivity contribution < 1.29 is 39.3 Å². The average molecular weight is 481 g/mol. The van der Waals surface area contributed by atoms with Gasteiger partial charge in [0.05, 0.1) is 12.5 Å². The van der Waals surface area contributed by atoms with Crippen LogP contribution >= 0.6 is 0 Å². The summed E-state index contributed by atoms with van der Waals surface area (Å²) >= 11 is 0. The zero-order valence-corrected chi connectivity index (χ0v) is 19.3. The van der Waals surface area contributed by atoms with Crippen LogP contribution < -0.4 is 21.7 Å². The Morgan fingerprint density at radius 2 is 1.41 bits per heavy atom. The number of carbonyl (C=O) groups excluding carboxylic acids is 3. The smallest absolute Gasteiger partial charge is 0.326 e. The van der Waals surface area contributed by atoms with E-state index >= 15 is 0 Å². The summed E-state index contributed by atoms with van der Waals surface area (Å²) in [4.78, 5) is 59.9. The van der Waals surface area contributed by atoms with E-state index < -0.39 is 60.2 Å². The van der Waals surface area contributed by atoms with Gasteiger partial charge in [-0.2, -0.15) is 0 Å². The van der Waals surface area contributed by atoms with Crippen molar-refractivity contribution in [3.05, 3.63) is 29.8 Å². The van der Waals surface area contributed by atoms with Crippen molar-refractivity contribution in [2.24, 2.45) is 11.7 Å². The lowest BCUT2D eigenvalue weighted by Gasteiger charge is -2.23. The minimum absolute atomic E-state index is 0.0602. The Kier molecular flexibility index (Phi) is 11.0. The highest BCUT2D eigenvalue weighted by atomic mass is 16.4. The molecule has 1 aromatic rings. The number of carbonyl (C=O) groups is 5. The molecule has 12 heteroatoms. The van der Waals surface area contributed by atoms with E-state index in [4.69, 9.17) is 10.8 Å². The molecule has 0 aliphatic rings. The van der Waals surface area contributed by atoms with Crippen LogP contribution in [0.15, 0.2) is 24.3 Å². The second-order valence-corrected chi connectivity index (χ2v) is 8.40. The zero-order valence-electron chi connectivity index (χ0n) is 19.3. The van der Waals surface area contributed by atoms with Crippen LogP contribution in [-0.2, 0) is 30.4 Å². The summed E-state index contributed by atoms with van der Waals surface area (Å²) in [7, 11) is 0. The fourth-order valence-electron chi connectivity index (χ4n) is 3.01. The third-order valence-electron chi connectivity index (χ3n) is 4.81. The molecule has 3 amide bonds. The van der Waals surface area contributed by atoms with E-state index in [0.717, 1.165) is 0 Å². The van der Waals surface area contributed by atoms with Crippen molar-refractivity contribution in [2.45, 2.75) is 64.2 Å². The Morgan fingerprint density at radius 3 is 1.91 bits per heavy atom. The summed E-state index contributed by atoms with van der Waals surface area (Å²) in [5.41, 5.74) is 6.56. The van der Waals surface area contributed by atoms with Crippen LogP contribution in [0.1, 0.15) is 39.2 Å². The summed E-state index contributed by atoms with van der Waals surface area (Å²) in [5.74, 6) is -5.14. The summed E-state index contributed by atoms with van der Waals surface area (Å²) in [6.45, 7) is 4.85. The van der Waals surface area contributed by atoms with Crippen molar-refractivity contribution in [1.82, 2.24) is 16.0 Å². The highest BCUT2D eigenvalue weighted by Gasteiger charge is 2.30. The molecule has 1 rings (SSSR count). The van der Waals surface area contributed by atoms with Gasteiger partial charge in [-0.05, 0) is 43.4 Å². The van der Waals surface area contributed by atoms with Crippen molar-refractivity contribution in [1.29, 1.82) is 0 Å². The number of phenols is 1. The molecule has 0 fully saturated rings. The fraction of sp³-hybridized carbons (Fsp3) is 0.500. The number of hydrogen-bond donors (Lipinski definition) is 7. The molecule has 0 saturated heterocycles. The van der Waals surface area contributed by atoms with Crippen molar-refractivity contribution in [2.75, 3.05) is 0 Å². The first kappa shape index (κ1) is 28.4. The van der Waals surface area contributed by atoms with Gasteiger partial charge < -0.3 is 37.0 Å². The molecule has 0 spiro atoms. The molecule has 12 nitrogen and oxygen atoms in total. The molecule has 34 heavy (non-hydrogen) atoms. The van der Waals surface area contributed by atoms with Gasteiger partial charge in [0.1, 0.15) is 23.9 Å². The van der Waals surface area contributed by atoms with Gasteiger partial charge in [-0.15, -0.1) is 0 Å². The Bertz CT molecular complexity index is 887. The topological polar surface area (TPSA) is 208 Å². The minimum Gasteiger partial charge on any atom is -0.508 e. The van der Waals surface area contributed by atoms with Crippen LogP contribution in [0.25, 0.3) is 0 Å². The van der Waals surface area contributed by atoms with E-state index in [-0.39, 0.29) is 24.5 Å². The van der Waals surface area contributed by atoms with Gasteiger partial charge in [-0.3, -0.25) is 19.2 Å². The number of carboxylic acids is 2. The Balaban J connectivity index is 2.76. The number of nitrogens with one attached hydrogen (secondary N) is 3. The first-order chi connectivity index (χ1) is 15.8. The van der Waals surface area contributed by atoms with Crippen LogP contribution in [-0.4, -0.2) is 69.1 Å². The molecule has 0 aromatic heterocycles. The second-order valence-electron chi connectivity index (χ2n) is 8.40. The number of benzene rings is 1. The van der Waals surface area contributed by atoms with E-state index in [1.165, 1.54) is 19.1 Å². The molecule has 0 radical (unpaired) electrons. The normalized spacial score (nSPS) is 14.4. The lowest BCUT2D eigenvalue weighted by molar-refractivity contribution is -0.144. The highest BCUT2D eigenvalue weighted by molar-refractivity contribution is 5.95. The molecule has 0 heterocycles. The summed E-state index contributed by atoms with van der Waals surface area (Å²) in [5, 5.41) is 34.6. The predicted octanol–water partition coefficient (Wildman–Crippen LogP) is -0.658. The van der Waals surface area contributed by atoms with E-state index in [1.54, 1.807) is 26.0 Å². The van der Waals surface area contributed by atoms with Gasteiger partial charge in [-0.1, -0.05) is 26.0 Å². The molecule has 0 bridgehead atoms. The Labute approximate surface area is 196 Å². The van der Waals surface area contributed by atoms with Crippen LogP contribution in [0.2, 0.25) is 0 Å². The summed E-state index contributed by atoms with van der Waals surface area (Å²) in [6.07, 6.45) is -0.538. The SMILES string of the molecule is CC(C)C[C@H](NC(=O)[C@H](CC(=O)O)NC(=O)[C@H](C)NC(=O)[C@@H](N)Cc1ccc(O)cc1)C(=O)O. The maximum atomic E-state index is 12.5. The minimum atomic E-state index is -1.55. The second kappa shape index (κ2) is 13.1. The van der Waals surface area contributed by atoms with Crippen molar-refractivity contribution >= 4 is 29.7 Å². The number of hydrogen-bond acceptors (Lipinski definition) is 7. The molecule has 4 atom stereocenters. The molecule has 0 aliphatic carbocycles. The van der Waals surface area contributed by atoms with Gasteiger partial charge in [0.15, 0.2) is 0 Å². The third-order valence-corrected chi connectivity index (χ3v) is 4.81. The van der Waals surface area contributed by atoms with E-state index in [1.807, 2.05) is 0 Å². The maximum Gasteiger partial charge on any atom is 0.326 e. The number of rotatable bonds is 13. The Morgan fingerprint density at radius 1 is 0.853 bits per heavy atom. The van der Waals surface area contributed by atoms with E-state index in [2.05, 4.69) is 16.0 Å². The van der Waals surface area contributed by atoms with Crippen LogP contribution in [0, 0.1) is 5.92 Å². The average Bonchev–Trinajstić information content (AvgIpc) is 2.73. The van der Waals surface area contributed by atoms with Gasteiger partial charge in [0.2, 0.25) is 17.7 Å². The van der Waals surface area contributed by atoms with Gasteiger partial charge in [-0.25, -0.2) is 4.79 Å². The van der Waals surface area contributed by atoms with Gasteiger partial charge >= 0.3 is 11.9 Å².